The normalized spacial score (nSPS) is 12.1. The van der Waals surface area contributed by atoms with Crippen molar-refractivity contribution in [2.75, 3.05) is 6.61 Å². The molecule has 7 nitrogen and oxygen atoms in total. The fraction of sp³-hybridized carbons (Fsp3) is 0.211. The third-order valence-electron chi connectivity index (χ3n) is 3.68. The number of nitrogens with one attached hydrogen (secondary N) is 1. The van der Waals surface area contributed by atoms with Gasteiger partial charge in [-0.05, 0) is 26.0 Å². The van der Waals surface area contributed by atoms with Gasteiger partial charge in [0.1, 0.15) is 0 Å². The summed E-state index contributed by atoms with van der Waals surface area (Å²) in [4.78, 5) is 36.3. The molecule has 0 aliphatic heterocycles. The monoisotopic (exact) mass is 389 g/mol. The van der Waals surface area contributed by atoms with E-state index in [2.05, 4.69) is 4.74 Å². The van der Waals surface area contributed by atoms with Gasteiger partial charge in [0.05, 0.1) is 11.5 Å². The molecule has 2 aromatic rings. The number of sulfone groups is 1. The van der Waals surface area contributed by atoms with Crippen LogP contribution in [0.3, 0.4) is 0 Å². The van der Waals surface area contributed by atoms with Crippen LogP contribution in [0.15, 0.2) is 59.5 Å². The van der Waals surface area contributed by atoms with E-state index in [1.807, 2.05) is 5.32 Å². The van der Waals surface area contributed by atoms with Crippen LogP contribution >= 0.6 is 0 Å². The lowest BCUT2D eigenvalue weighted by Gasteiger charge is -2.18. The number of carbonyl (C=O) groups is 3. The molecule has 142 valence electrons. The number of ketones is 1. The molecule has 27 heavy (non-hydrogen) atoms. The Labute approximate surface area is 157 Å². The number of benzene rings is 2. The Morgan fingerprint density at radius 1 is 1.00 bits per heavy atom. The SMILES string of the molecule is CCOC(=O)C(=O)N[C@@H](C(=O)c1ccccc1)S(=O)(=O)c1ccc(C)cc1. The van der Waals surface area contributed by atoms with Crippen LogP contribution in [0, 0.1) is 6.92 Å². The van der Waals surface area contributed by atoms with E-state index in [-0.39, 0.29) is 17.1 Å². The third-order valence-corrected chi connectivity index (χ3v) is 5.56. The first-order valence-electron chi connectivity index (χ1n) is 8.14. The summed E-state index contributed by atoms with van der Waals surface area (Å²) in [6.07, 6.45) is 0. The van der Waals surface area contributed by atoms with Gasteiger partial charge >= 0.3 is 11.9 Å². The lowest BCUT2D eigenvalue weighted by atomic mass is 10.1. The molecule has 0 radical (unpaired) electrons. The smallest absolute Gasteiger partial charge is 0.396 e. The van der Waals surface area contributed by atoms with Crippen LogP contribution in [-0.4, -0.2) is 38.1 Å². The minimum absolute atomic E-state index is 0.0612. The number of hydrogen-bond acceptors (Lipinski definition) is 6. The van der Waals surface area contributed by atoms with E-state index in [9.17, 15) is 22.8 Å². The summed E-state index contributed by atoms with van der Waals surface area (Å²) in [6.45, 7) is 3.22. The number of rotatable bonds is 6. The summed E-state index contributed by atoms with van der Waals surface area (Å²) in [5.74, 6) is -3.42. The number of carbonyl (C=O) groups excluding carboxylic acids is 3. The van der Waals surface area contributed by atoms with Gasteiger partial charge in [0.15, 0.2) is 5.37 Å². The second-order valence-electron chi connectivity index (χ2n) is 5.66. The number of ether oxygens (including phenoxy) is 1. The maximum atomic E-state index is 13.0. The first-order valence-corrected chi connectivity index (χ1v) is 9.69. The Kier molecular flexibility index (Phi) is 6.46. The molecular formula is C19H19NO6S. The Hall–Kier alpha value is -3.00. The Bertz CT molecular complexity index is 936. The molecule has 0 spiro atoms. The lowest BCUT2D eigenvalue weighted by molar-refractivity contribution is -0.154. The summed E-state index contributed by atoms with van der Waals surface area (Å²) in [5, 5.41) is 0.0435. The highest BCUT2D eigenvalue weighted by atomic mass is 32.2. The van der Waals surface area contributed by atoms with Crippen molar-refractivity contribution < 1.29 is 27.5 Å². The predicted octanol–water partition coefficient (Wildman–Crippen LogP) is 1.66. The zero-order valence-electron chi connectivity index (χ0n) is 14.8. The van der Waals surface area contributed by atoms with E-state index in [0.717, 1.165) is 5.56 Å². The van der Waals surface area contributed by atoms with Crippen molar-refractivity contribution in [1.29, 1.82) is 0 Å². The second-order valence-corrected chi connectivity index (χ2v) is 7.70. The quantitative estimate of drug-likeness (QED) is 0.457. The molecule has 2 rings (SSSR count). The highest BCUT2D eigenvalue weighted by molar-refractivity contribution is 7.92. The Balaban J connectivity index is 2.45. The van der Waals surface area contributed by atoms with Crippen LogP contribution in [0.2, 0.25) is 0 Å². The minimum Gasteiger partial charge on any atom is -0.459 e. The zero-order chi connectivity index (χ0) is 20.0. The van der Waals surface area contributed by atoms with Crippen LogP contribution in [0.4, 0.5) is 0 Å². The van der Waals surface area contributed by atoms with Crippen LogP contribution < -0.4 is 5.32 Å². The molecule has 0 saturated carbocycles. The van der Waals surface area contributed by atoms with Crippen molar-refractivity contribution in [3.8, 4) is 0 Å². The van der Waals surface area contributed by atoms with Crippen LogP contribution in [0.5, 0.6) is 0 Å². The molecule has 0 aliphatic carbocycles. The van der Waals surface area contributed by atoms with E-state index in [4.69, 9.17) is 0 Å². The number of aryl methyl sites for hydroxylation is 1. The number of hydrogen-bond donors (Lipinski definition) is 1. The molecule has 0 bridgehead atoms. The van der Waals surface area contributed by atoms with Gasteiger partial charge in [0.2, 0.25) is 15.6 Å². The molecule has 1 amide bonds. The molecule has 2 aromatic carbocycles. The maximum Gasteiger partial charge on any atom is 0.396 e. The van der Waals surface area contributed by atoms with Crippen LogP contribution in [-0.2, 0) is 24.2 Å². The highest BCUT2D eigenvalue weighted by Gasteiger charge is 2.37. The summed E-state index contributed by atoms with van der Waals surface area (Å²) in [5.41, 5.74) is 0.915. The summed E-state index contributed by atoms with van der Waals surface area (Å²) >= 11 is 0. The third kappa shape index (κ3) is 4.79. The average Bonchev–Trinajstić information content (AvgIpc) is 2.66. The van der Waals surface area contributed by atoms with E-state index in [0.29, 0.717) is 0 Å². The van der Waals surface area contributed by atoms with Crippen molar-refractivity contribution in [3.05, 3.63) is 65.7 Å². The molecule has 1 N–H and O–H groups in total. The van der Waals surface area contributed by atoms with Gasteiger partial charge in [-0.2, -0.15) is 0 Å². The topological polar surface area (TPSA) is 107 Å². The Morgan fingerprint density at radius 3 is 2.15 bits per heavy atom. The number of amides is 1. The largest absolute Gasteiger partial charge is 0.459 e. The molecule has 0 fully saturated rings. The van der Waals surface area contributed by atoms with Gasteiger partial charge in [0.25, 0.3) is 0 Å². The van der Waals surface area contributed by atoms with Crippen LogP contribution in [0.25, 0.3) is 0 Å². The maximum absolute atomic E-state index is 13.0. The van der Waals surface area contributed by atoms with Gasteiger partial charge in [-0.3, -0.25) is 9.59 Å². The van der Waals surface area contributed by atoms with Gasteiger partial charge in [-0.1, -0.05) is 48.0 Å². The van der Waals surface area contributed by atoms with Gasteiger partial charge in [0, 0.05) is 5.56 Å². The van der Waals surface area contributed by atoms with Gasteiger partial charge in [-0.25, -0.2) is 13.2 Å². The van der Waals surface area contributed by atoms with E-state index < -0.39 is 32.9 Å². The van der Waals surface area contributed by atoms with E-state index in [1.54, 1.807) is 37.3 Å². The molecule has 0 aliphatic rings. The molecule has 8 heteroatoms. The summed E-state index contributed by atoms with van der Waals surface area (Å²) in [6, 6.07) is 13.5. The standard InChI is InChI=1S/C19H19NO6S/c1-3-26-19(23)17(22)20-18(16(21)14-7-5-4-6-8-14)27(24,25)15-11-9-13(2)10-12-15/h4-12,18H,3H2,1-2H3,(H,20,22)/t18-/m1/s1. The first-order chi connectivity index (χ1) is 12.8. The van der Waals surface area contributed by atoms with E-state index >= 15 is 0 Å². The number of esters is 1. The number of Topliss-reactive ketones (excluding diaryl/α,β-unsaturated/α-hetero) is 1. The summed E-state index contributed by atoms with van der Waals surface area (Å²) < 4.78 is 30.5. The van der Waals surface area contributed by atoms with Crippen molar-refractivity contribution in [1.82, 2.24) is 5.32 Å². The fourth-order valence-electron chi connectivity index (χ4n) is 2.28. The predicted molar refractivity (Wildman–Crippen MR) is 97.7 cm³/mol. The zero-order valence-corrected chi connectivity index (χ0v) is 15.7. The van der Waals surface area contributed by atoms with Gasteiger partial charge < -0.3 is 10.1 Å². The van der Waals surface area contributed by atoms with E-state index in [1.165, 1.54) is 31.2 Å². The molecule has 0 unspecified atom stereocenters. The molecule has 0 aromatic heterocycles. The molecule has 0 saturated heterocycles. The summed E-state index contributed by atoms with van der Waals surface area (Å²) in [7, 11) is -4.30. The second kappa shape index (κ2) is 8.59. The van der Waals surface area contributed by atoms with Crippen LogP contribution in [0.1, 0.15) is 22.8 Å². The van der Waals surface area contributed by atoms with Gasteiger partial charge in [-0.15, -0.1) is 0 Å². The van der Waals surface area contributed by atoms with Crippen molar-refractivity contribution in [2.24, 2.45) is 0 Å². The lowest BCUT2D eigenvalue weighted by Crippen LogP contribution is -2.49. The molecule has 1 atom stereocenters. The van der Waals surface area contributed by atoms with Crippen molar-refractivity contribution in [2.45, 2.75) is 24.1 Å². The molecule has 0 heterocycles. The Morgan fingerprint density at radius 2 is 1.59 bits per heavy atom. The van der Waals surface area contributed by atoms with Crippen molar-refractivity contribution >= 4 is 27.5 Å². The average molecular weight is 389 g/mol. The highest BCUT2D eigenvalue weighted by Crippen LogP contribution is 2.19. The fourth-order valence-corrected chi connectivity index (χ4v) is 3.74. The van der Waals surface area contributed by atoms with Crippen molar-refractivity contribution in [3.63, 3.8) is 0 Å². The minimum atomic E-state index is -4.30. The first kappa shape index (κ1) is 20.3. The molecular weight excluding hydrogens is 370 g/mol.